The predicted octanol–water partition coefficient (Wildman–Crippen LogP) is 3.28. The molecule has 0 saturated heterocycles. The van der Waals surface area contributed by atoms with E-state index in [2.05, 4.69) is 30.8 Å². The molecule has 4 rings (SSSR count). The Kier molecular flexibility index (Phi) is 5.62. The van der Waals surface area contributed by atoms with Crippen molar-refractivity contribution in [2.75, 3.05) is 10.6 Å². The number of nitrogens with zero attached hydrogens (tertiary/aromatic N) is 5. The quantitative estimate of drug-likeness (QED) is 0.623. The molecule has 31 heavy (non-hydrogen) atoms. The molecule has 3 aromatic heterocycles. The minimum atomic E-state index is -3.21. The van der Waals surface area contributed by atoms with Gasteiger partial charge in [0.05, 0.1) is 29.3 Å². The summed E-state index contributed by atoms with van der Waals surface area (Å²) < 4.78 is 28.4. The van der Waals surface area contributed by atoms with Crippen molar-refractivity contribution in [2.24, 2.45) is 0 Å². The van der Waals surface area contributed by atoms with E-state index >= 15 is 0 Å². The van der Waals surface area contributed by atoms with Gasteiger partial charge >= 0.3 is 0 Å². The van der Waals surface area contributed by atoms with Crippen LogP contribution in [-0.2, 0) is 5.92 Å². The lowest BCUT2D eigenvalue weighted by molar-refractivity contribution is 0.0157. The average Bonchev–Trinajstić information content (AvgIpc) is 3.16. The van der Waals surface area contributed by atoms with Crippen LogP contribution in [0.2, 0.25) is 0 Å². The van der Waals surface area contributed by atoms with Crippen LogP contribution in [-0.4, -0.2) is 36.8 Å². The Morgan fingerprint density at radius 2 is 1.84 bits per heavy atom. The van der Waals surface area contributed by atoms with E-state index in [-0.39, 0.29) is 12.1 Å². The number of nitrogens with one attached hydrogen (secondary N) is 2. The minimum absolute atomic E-state index is 0.221. The number of halogens is 2. The average molecular weight is 427 g/mol. The Bertz CT molecular complexity index is 1090. The van der Waals surface area contributed by atoms with Gasteiger partial charge in [0.15, 0.2) is 0 Å². The third-order valence-corrected chi connectivity index (χ3v) is 5.24. The molecule has 3 heterocycles. The maximum Gasteiger partial charge on any atom is 0.275 e. The molecule has 1 fully saturated rings. The summed E-state index contributed by atoms with van der Waals surface area (Å²) in [5.74, 6) is -2.03. The molecule has 0 spiro atoms. The van der Waals surface area contributed by atoms with E-state index in [9.17, 15) is 13.6 Å². The van der Waals surface area contributed by atoms with Crippen molar-refractivity contribution in [1.29, 1.82) is 0 Å². The van der Waals surface area contributed by atoms with E-state index in [1.807, 2.05) is 6.92 Å². The van der Waals surface area contributed by atoms with Crippen molar-refractivity contribution in [3.63, 3.8) is 0 Å². The summed E-state index contributed by atoms with van der Waals surface area (Å²) in [6, 6.07) is 6.46. The van der Waals surface area contributed by atoms with E-state index < -0.39 is 17.0 Å². The maximum absolute atomic E-state index is 13.6. The van der Waals surface area contributed by atoms with Crippen molar-refractivity contribution in [3.05, 3.63) is 64.5 Å². The summed E-state index contributed by atoms with van der Waals surface area (Å²) in [6.45, 7) is 2.55. The first-order chi connectivity index (χ1) is 14.8. The molecule has 1 aliphatic carbocycles. The highest BCUT2D eigenvalue weighted by Gasteiger charge is 2.28. The lowest BCUT2D eigenvalue weighted by Crippen LogP contribution is -2.27. The van der Waals surface area contributed by atoms with Gasteiger partial charge in [0, 0.05) is 25.2 Å². The van der Waals surface area contributed by atoms with Gasteiger partial charge in [-0.2, -0.15) is 5.10 Å². The molecule has 10 heteroatoms. The van der Waals surface area contributed by atoms with E-state index in [4.69, 9.17) is 0 Å². The number of pyridine rings is 2. The van der Waals surface area contributed by atoms with Crippen molar-refractivity contribution in [3.8, 4) is 5.69 Å². The zero-order valence-corrected chi connectivity index (χ0v) is 17.2. The van der Waals surface area contributed by atoms with E-state index in [0.717, 1.165) is 31.0 Å². The molecular formula is C21H23F2N7O. The highest BCUT2D eigenvalue weighted by Crippen LogP contribution is 2.25. The van der Waals surface area contributed by atoms with Gasteiger partial charge < -0.3 is 10.6 Å². The minimum Gasteiger partial charge on any atom is -0.367 e. The molecule has 0 aromatic carbocycles. The van der Waals surface area contributed by atoms with Gasteiger partial charge in [0.25, 0.3) is 11.5 Å². The Morgan fingerprint density at radius 1 is 1.06 bits per heavy atom. The van der Waals surface area contributed by atoms with Crippen molar-refractivity contribution in [1.82, 2.24) is 24.7 Å². The summed E-state index contributed by atoms with van der Waals surface area (Å²) in [5.41, 5.74) is -0.107. The first-order valence-corrected chi connectivity index (χ1v) is 10.1. The summed E-state index contributed by atoms with van der Waals surface area (Å²) in [6.07, 6.45) is 7.41. The van der Waals surface area contributed by atoms with Crippen LogP contribution < -0.4 is 16.2 Å². The largest absolute Gasteiger partial charge is 0.367 e. The van der Waals surface area contributed by atoms with Gasteiger partial charge in [-0.25, -0.2) is 18.7 Å². The van der Waals surface area contributed by atoms with E-state index in [0.29, 0.717) is 24.4 Å². The topological polar surface area (TPSA) is 97.6 Å². The fraction of sp³-hybridized carbons (Fsp3) is 0.381. The summed E-state index contributed by atoms with van der Waals surface area (Å²) in [7, 11) is 0. The van der Waals surface area contributed by atoms with Crippen LogP contribution in [0.5, 0.6) is 0 Å². The van der Waals surface area contributed by atoms with Crippen LogP contribution in [0.4, 0.5) is 20.5 Å². The molecule has 0 amide bonds. The van der Waals surface area contributed by atoms with Crippen LogP contribution >= 0.6 is 0 Å². The third-order valence-electron chi connectivity index (χ3n) is 5.24. The highest BCUT2D eigenvalue weighted by atomic mass is 19.3. The van der Waals surface area contributed by atoms with Crippen LogP contribution in [0.25, 0.3) is 5.69 Å². The van der Waals surface area contributed by atoms with Crippen molar-refractivity contribution >= 4 is 11.8 Å². The second-order valence-electron chi connectivity index (χ2n) is 7.81. The van der Waals surface area contributed by atoms with Gasteiger partial charge in [-0.1, -0.05) is 0 Å². The Balaban J connectivity index is 1.40. The van der Waals surface area contributed by atoms with Gasteiger partial charge in [0.2, 0.25) is 5.95 Å². The fourth-order valence-corrected chi connectivity index (χ4v) is 3.68. The Hall–Kier alpha value is -3.43. The van der Waals surface area contributed by atoms with Gasteiger partial charge in [-0.05, 0) is 50.5 Å². The zero-order valence-electron chi connectivity index (χ0n) is 17.2. The maximum atomic E-state index is 13.6. The zero-order chi connectivity index (χ0) is 22.0. The lowest BCUT2D eigenvalue weighted by Gasteiger charge is -2.16. The molecule has 0 radical (unpaired) electrons. The van der Waals surface area contributed by atoms with Crippen LogP contribution in [0.15, 0.2) is 47.7 Å². The van der Waals surface area contributed by atoms with Crippen LogP contribution in [0.3, 0.4) is 0 Å². The Labute approximate surface area is 177 Å². The first-order valence-electron chi connectivity index (χ1n) is 10.1. The SMILES string of the molecule is Cc1cnc(N[C@H]2CC[C@H](Nc3ccc(-n4cccc(C(C)(F)F)c4=O)cn3)C2)nn1. The summed E-state index contributed by atoms with van der Waals surface area (Å²) in [4.78, 5) is 21.0. The molecule has 0 aliphatic heterocycles. The monoisotopic (exact) mass is 427 g/mol. The normalized spacial score (nSPS) is 18.7. The number of aryl methyl sites for hydroxylation is 1. The molecule has 0 bridgehead atoms. The van der Waals surface area contributed by atoms with Crippen LogP contribution in [0.1, 0.15) is 37.4 Å². The first kappa shape index (κ1) is 20.8. The number of hydrogen-bond donors (Lipinski definition) is 2. The predicted molar refractivity (Wildman–Crippen MR) is 113 cm³/mol. The number of alkyl halides is 2. The van der Waals surface area contributed by atoms with Crippen molar-refractivity contribution < 1.29 is 8.78 Å². The van der Waals surface area contributed by atoms with E-state index in [1.165, 1.54) is 23.0 Å². The number of aromatic nitrogens is 5. The third kappa shape index (κ3) is 4.84. The number of rotatable bonds is 6. The van der Waals surface area contributed by atoms with Gasteiger partial charge in [-0.15, -0.1) is 5.10 Å². The summed E-state index contributed by atoms with van der Waals surface area (Å²) >= 11 is 0. The van der Waals surface area contributed by atoms with Gasteiger partial charge in [-0.3, -0.25) is 9.36 Å². The summed E-state index contributed by atoms with van der Waals surface area (Å²) in [5, 5.41) is 14.7. The standard InChI is InChI=1S/C21H23F2N7O/c1-13-11-25-20(29-28-13)27-15-6-5-14(10-15)26-18-8-7-16(12-24-18)30-9-3-4-17(19(30)31)21(2,22)23/h3-4,7-9,11-12,14-15H,5-6,10H2,1-2H3,(H,24,26)(H,25,27,29)/t14-,15-/m0/s1. The van der Waals surface area contributed by atoms with Crippen LogP contribution in [0, 0.1) is 6.92 Å². The molecule has 2 atom stereocenters. The molecular weight excluding hydrogens is 404 g/mol. The molecule has 0 unspecified atom stereocenters. The molecule has 3 aromatic rings. The second kappa shape index (κ2) is 8.37. The Morgan fingerprint density at radius 3 is 2.48 bits per heavy atom. The number of anilines is 2. The highest BCUT2D eigenvalue weighted by molar-refractivity contribution is 5.42. The second-order valence-corrected chi connectivity index (χ2v) is 7.81. The van der Waals surface area contributed by atoms with E-state index in [1.54, 1.807) is 18.3 Å². The molecule has 162 valence electrons. The molecule has 8 nitrogen and oxygen atoms in total. The number of hydrogen-bond acceptors (Lipinski definition) is 7. The molecule has 2 N–H and O–H groups in total. The lowest BCUT2D eigenvalue weighted by atomic mass is 10.1. The van der Waals surface area contributed by atoms with Gasteiger partial charge in [0.1, 0.15) is 5.82 Å². The smallest absolute Gasteiger partial charge is 0.275 e. The molecule has 1 aliphatic rings. The molecule has 1 saturated carbocycles. The van der Waals surface area contributed by atoms with Crippen molar-refractivity contribution in [2.45, 2.75) is 51.1 Å². The fourth-order valence-electron chi connectivity index (χ4n) is 3.68.